The highest BCUT2D eigenvalue weighted by Gasteiger charge is 2.29. The fraction of sp³-hybridized carbons (Fsp3) is 0.467. The lowest BCUT2D eigenvalue weighted by Crippen LogP contribution is -2.40. The smallest absolute Gasteiger partial charge is 0.223 e. The van der Waals surface area contributed by atoms with Crippen LogP contribution in [0.2, 0.25) is 10.0 Å². The fourth-order valence-corrected chi connectivity index (χ4v) is 6.31. The first-order chi connectivity index (χ1) is 20.3. The van der Waals surface area contributed by atoms with E-state index in [0.29, 0.717) is 69.7 Å². The van der Waals surface area contributed by atoms with E-state index >= 15 is 0 Å². The molecule has 5 rings (SSSR count). The predicted octanol–water partition coefficient (Wildman–Crippen LogP) is 5.48. The molecule has 1 unspecified atom stereocenters. The molecule has 12 heteroatoms. The largest absolute Gasteiger partial charge is 0.495 e. The first-order valence-corrected chi connectivity index (χ1v) is 14.8. The monoisotopic (exact) mass is 614 g/mol. The van der Waals surface area contributed by atoms with Gasteiger partial charge in [0.05, 0.1) is 42.6 Å². The number of allylic oxidation sites excluding steroid dienone is 1. The number of fused-ring (bicyclic) bond motifs is 1. The van der Waals surface area contributed by atoms with Crippen LogP contribution in [0, 0.1) is 5.92 Å². The number of likely N-dealkylation sites (N-methyl/N-ethyl adjacent to an activating group) is 1. The Morgan fingerprint density at radius 3 is 2.62 bits per heavy atom. The van der Waals surface area contributed by atoms with Gasteiger partial charge in [0.15, 0.2) is 11.6 Å². The number of aromatic nitrogens is 3. The molecule has 0 bridgehead atoms. The number of methoxy groups -OCH3 is 2. The van der Waals surface area contributed by atoms with Crippen molar-refractivity contribution in [1.29, 1.82) is 0 Å². The lowest BCUT2D eigenvalue weighted by Gasteiger charge is -2.32. The zero-order chi connectivity index (χ0) is 29.8. The number of ketones is 1. The summed E-state index contributed by atoms with van der Waals surface area (Å²) < 4.78 is 16.7. The highest BCUT2D eigenvalue weighted by Crippen LogP contribution is 2.46. The lowest BCUT2D eigenvalue weighted by molar-refractivity contribution is -0.116. The Balaban J connectivity index is 1.57. The summed E-state index contributed by atoms with van der Waals surface area (Å²) in [5.41, 5.74) is 1.69. The Bertz CT molecular complexity index is 1440. The Labute approximate surface area is 255 Å². The summed E-state index contributed by atoms with van der Waals surface area (Å²) in [5, 5.41) is 8.46. The van der Waals surface area contributed by atoms with Crippen LogP contribution in [-0.4, -0.2) is 85.3 Å². The van der Waals surface area contributed by atoms with Crippen LogP contribution in [0.1, 0.15) is 25.7 Å². The highest BCUT2D eigenvalue weighted by molar-refractivity contribution is 6.41. The van der Waals surface area contributed by atoms with Crippen LogP contribution >= 0.6 is 23.2 Å². The van der Waals surface area contributed by atoms with Crippen molar-refractivity contribution in [3.63, 3.8) is 0 Å². The van der Waals surface area contributed by atoms with Crippen LogP contribution in [-0.2, 0) is 9.53 Å². The molecule has 0 amide bonds. The van der Waals surface area contributed by atoms with E-state index in [1.165, 1.54) is 20.3 Å². The van der Waals surface area contributed by atoms with Gasteiger partial charge in [-0.1, -0.05) is 29.8 Å². The zero-order valence-electron chi connectivity index (χ0n) is 24.1. The molecule has 2 fully saturated rings. The molecule has 3 atom stereocenters. The van der Waals surface area contributed by atoms with E-state index in [-0.39, 0.29) is 23.8 Å². The topological polar surface area (TPSA) is 111 Å². The number of halogens is 2. The second-order valence-corrected chi connectivity index (χ2v) is 11.5. The maximum Gasteiger partial charge on any atom is 0.223 e. The van der Waals surface area contributed by atoms with E-state index in [1.54, 1.807) is 12.3 Å². The number of piperidine rings is 1. The van der Waals surface area contributed by atoms with Gasteiger partial charge in [0.2, 0.25) is 5.95 Å². The summed E-state index contributed by atoms with van der Waals surface area (Å²) in [6, 6.07) is 3.57. The lowest BCUT2D eigenvalue weighted by atomic mass is 9.90. The third kappa shape index (κ3) is 6.57. The number of benzene rings is 1. The number of hydrogen-bond acceptors (Lipinski definition) is 10. The third-order valence-corrected chi connectivity index (χ3v) is 8.62. The van der Waals surface area contributed by atoms with Crippen LogP contribution in [0.25, 0.3) is 22.2 Å². The van der Waals surface area contributed by atoms with Crippen molar-refractivity contribution in [3.8, 4) is 22.8 Å². The number of nitrogens with zero attached hydrogens (tertiary/aromatic N) is 4. The number of carbonyl (C=O) groups excluding carboxylic acids is 1. The number of ether oxygens (including phenoxy) is 3. The molecule has 10 nitrogen and oxygen atoms in total. The van der Waals surface area contributed by atoms with Gasteiger partial charge in [0.1, 0.15) is 17.0 Å². The minimum Gasteiger partial charge on any atom is -0.495 e. The number of anilines is 2. The van der Waals surface area contributed by atoms with Crippen LogP contribution in [0.3, 0.4) is 0 Å². The molecule has 2 N–H and O–H groups in total. The van der Waals surface area contributed by atoms with Crippen LogP contribution < -0.4 is 20.1 Å². The van der Waals surface area contributed by atoms with E-state index in [4.69, 9.17) is 47.4 Å². The molecule has 42 heavy (non-hydrogen) atoms. The summed E-state index contributed by atoms with van der Waals surface area (Å²) in [5.74, 6) is 1.99. The van der Waals surface area contributed by atoms with Gasteiger partial charge in [-0.3, -0.25) is 4.79 Å². The third-order valence-electron chi connectivity index (χ3n) is 7.87. The molecule has 0 aliphatic carbocycles. The molecule has 2 aliphatic rings. The minimum atomic E-state index is -0.113. The minimum absolute atomic E-state index is 0.0142. The number of hydrogen-bond donors (Lipinski definition) is 2. The number of likely N-dealkylation sites (tertiary alicyclic amines) is 1. The number of nitrogens with one attached hydrogen (secondary N) is 2. The van der Waals surface area contributed by atoms with Gasteiger partial charge in [-0.2, -0.15) is 0 Å². The van der Waals surface area contributed by atoms with Crippen LogP contribution in [0.4, 0.5) is 11.8 Å². The molecular weight excluding hydrogens is 579 g/mol. The van der Waals surface area contributed by atoms with Crippen LogP contribution in [0.5, 0.6) is 11.5 Å². The van der Waals surface area contributed by atoms with E-state index in [1.807, 2.05) is 6.07 Å². The molecular formula is C30H36Cl2N6O4. The SMILES string of the molecule is C=CC(=O)C[C@H]1CCOC[C@H]1Nc1ncc2cc(-c3c(Cl)c(OC)cc(OC)c3Cl)nc(NC3CCCN(C)C3)c2n1. The van der Waals surface area contributed by atoms with Crippen molar-refractivity contribution in [2.24, 2.45) is 5.92 Å². The molecule has 0 saturated carbocycles. The van der Waals surface area contributed by atoms with Crippen molar-refractivity contribution in [2.75, 3.05) is 58.2 Å². The Hall–Kier alpha value is -3.18. The summed E-state index contributed by atoms with van der Waals surface area (Å²) in [6.45, 7) is 6.61. The predicted molar refractivity (Wildman–Crippen MR) is 166 cm³/mol. The van der Waals surface area contributed by atoms with E-state index in [9.17, 15) is 4.79 Å². The molecule has 2 aromatic heterocycles. The Morgan fingerprint density at radius 2 is 1.93 bits per heavy atom. The van der Waals surface area contributed by atoms with Gasteiger partial charge in [0.25, 0.3) is 0 Å². The maximum atomic E-state index is 12.1. The summed E-state index contributed by atoms with van der Waals surface area (Å²) in [7, 11) is 5.19. The molecule has 0 spiro atoms. The van der Waals surface area contributed by atoms with Gasteiger partial charge >= 0.3 is 0 Å². The zero-order valence-corrected chi connectivity index (χ0v) is 25.6. The summed E-state index contributed by atoms with van der Waals surface area (Å²) >= 11 is 13.5. The summed E-state index contributed by atoms with van der Waals surface area (Å²) in [4.78, 5) is 28.9. The van der Waals surface area contributed by atoms with Crippen molar-refractivity contribution >= 4 is 51.7 Å². The Kier molecular flexibility index (Phi) is 9.67. The molecule has 0 radical (unpaired) electrons. The standard InChI is InChI=1S/C30H36Cl2N6O4/c1-5-20(39)11-17-8-10-42-16-22(17)36-30-33-14-18-12-21(25-26(31)23(40-3)13-24(41-4)27(25)32)35-29(28(18)37-30)34-19-7-6-9-38(2)15-19/h5,12-14,17,19,22H,1,6-11,15-16H2,2-4H3,(H,34,35)(H,33,36,37)/t17-,19?,22-/m1/s1. The Morgan fingerprint density at radius 1 is 1.17 bits per heavy atom. The normalized spacial score (nSPS) is 21.1. The summed E-state index contributed by atoms with van der Waals surface area (Å²) in [6.07, 6.45) is 6.37. The van der Waals surface area contributed by atoms with Crippen LogP contribution in [0.15, 0.2) is 31.0 Å². The van der Waals surface area contributed by atoms with Crippen molar-refractivity contribution in [3.05, 3.63) is 41.0 Å². The molecule has 4 heterocycles. The fourth-order valence-electron chi connectivity index (χ4n) is 5.62. The molecule has 1 aromatic carbocycles. The quantitative estimate of drug-likeness (QED) is 0.285. The van der Waals surface area contributed by atoms with E-state index in [0.717, 1.165) is 37.7 Å². The average molecular weight is 616 g/mol. The van der Waals surface area contributed by atoms with Gasteiger partial charge in [-0.15, -0.1) is 0 Å². The second-order valence-electron chi connectivity index (χ2n) is 10.8. The van der Waals surface area contributed by atoms with Crippen molar-refractivity contribution < 1.29 is 19.0 Å². The van der Waals surface area contributed by atoms with E-state index < -0.39 is 0 Å². The second kappa shape index (κ2) is 13.4. The molecule has 224 valence electrons. The molecule has 2 saturated heterocycles. The highest BCUT2D eigenvalue weighted by atomic mass is 35.5. The first-order valence-electron chi connectivity index (χ1n) is 14.0. The van der Waals surface area contributed by atoms with Gasteiger partial charge < -0.3 is 29.7 Å². The number of carbonyl (C=O) groups is 1. The molecule has 2 aliphatic heterocycles. The first kappa shape index (κ1) is 30.3. The van der Waals surface area contributed by atoms with Gasteiger partial charge in [-0.05, 0) is 50.9 Å². The number of rotatable bonds is 10. The van der Waals surface area contributed by atoms with E-state index in [2.05, 4.69) is 34.1 Å². The maximum absolute atomic E-state index is 12.1. The van der Waals surface area contributed by atoms with Crippen molar-refractivity contribution in [2.45, 2.75) is 37.8 Å². The molecule has 3 aromatic rings. The number of pyridine rings is 1. The van der Waals surface area contributed by atoms with Gasteiger partial charge in [-0.25, -0.2) is 15.0 Å². The van der Waals surface area contributed by atoms with Crippen molar-refractivity contribution in [1.82, 2.24) is 19.9 Å². The van der Waals surface area contributed by atoms with Gasteiger partial charge in [0, 0.05) is 48.8 Å². The average Bonchev–Trinajstić information content (AvgIpc) is 2.98.